The second kappa shape index (κ2) is 9.34. The fraction of sp³-hybridized carbons (Fsp3) is 0.381. The number of nitro groups is 1. The minimum atomic E-state index is -0.838. The van der Waals surface area contributed by atoms with Crippen molar-refractivity contribution in [2.75, 3.05) is 18.0 Å². The van der Waals surface area contributed by atoms with Gasteiger partial charge in [-0.15, -0.1) is 0 Å². The van der Waals surface area contributed by atoms with Crippen LogP contribution in [0.25, 0.3) is 0 Å². The summed E-state index contributed by atoms with van der Waals surface area (Å²) >= 11 is 0. The van der Waals surface area contributed by atoms with Crippen molar-refractivity contribution in [3.8, 4) is 11.6 Å². The number of piperidine rings is 1. The minimum absolute atomic E-state index is 0.111. The zero-order chi connectivity index (χ0) is 21.7. The average molecular weight is 413 g/mol. The Labute approximate surface area is 173 Å². The summed E-state index contributed by atoms with van der Waals surface area (Å²) in [6.07, 6.45) is 3.37. The van der Waals surface area contributed by atoms with Gasteiger partial charge in [-0.1, -0.05) is 12.1 Å². The van der Waals surface area contributed by atoms with Crippen LogP contribution in [0.1, 0.15) is 31.7 Å². The molecule has 0 atom stereocenters. The lowest BCUT2D eigenvalue weighted by Crippen LogP contribution is -2.36. The van der Waals surface area contributed by atoms with Gasteiger partial charge in [0.25, 0.3) is 0 Å². The predicted molar refractivity (Wildman–Crippen MR) is 109 cm³/mol. The summed E-state index contributed by atoms with van der Waals surface area (Å²) in [6, 6.07) is 8.55. The van der Waals surface area contributed by atoms with E-state index >= 15 is 0 Å². The quantitative estimate of drug-likeness (QED) is 0.514. The second-order valence-corrected chi connectivity index (χ2v) is 7.29. The number of aliphatic carboxylic acids is 1. The largest absolute Gasteiger partial charge is 0.481 e. The van der Waals surface area contributed by atoms with E-state index in [1.807, 2.05) is 12.1 Å². The Bertz CT molecular complexity index is 936. The highest BCUT2D eigenvalue weighted by atomic mass is 16.6. The highest BCUT2D eigenvalue weighted by Gasteiger charge is 2.31. The molecule has 9 heteroatoms. The maximum Gasteiger partial charge on any atom is 0.354 e. The molecule has 3 rings (SSSR count). The van der Waals surface area contributed by atoms with E-state index in [1.54, 1.807) is 30.0 Å². The first-order valence-corrected chi connectivity index (χ1v) is 9.72. The molecule has 1 N–H and O–H groups in total. The van der Waals surface area contributed by atoms with Crippen molar-refractivity contribution in [3.63, 3.8) is 0 Å². The van der Waals surface area contributed by atoms with Crippen molar-refractivity contribution in [2.45, 2.75) is 32.6 Å². The first-order chi connectivity index (χ1) is 14.3. The summed E-state index contributed by atoms with van der Waals surface area (Å²) in [7, 11) is 0. The van der Waals surface area contributed by atoms with Gasteiger partial charge in [-0.3, -0.25) is 14.9 Å². The number of hydrogen-bond acceptors (Lipinski definition) is 7. The van der Waals surface area contributed by atoms with E-state index in [1.165, 1.54) is 6.20 Å². The number of benzene rings is 1. The van der Waals surface area contributed by atoms with Gasteiger partial charge in [0.2, 0.25) is 0 Å². The summed E-state index contributed by atoms with van der Waals surface area (Å²) in [4.78, 5) is 39.4. The van der Waals surface area contributed by atoms with Gasteiger partial charge < -0.3 is 19.5 Å². The van der Waals surface area contributed by atoms with Gasteiger partial charge >= 0.3 is 17.5 Å². The van der Waals surface area contributed by atoms with E-state index in [9.17, 15) is 19.7 Å². The third-order valence-electron chi connectivity index (χ3n) is 5.14. The number of aromatic nitrogens is 1. The van der Waals surface area contributed by atoms with Crippen LogP contribution in [-0.2, 0) is 16.0 Å². The SMILES string of the molecule is CC(=O)CCc1ccc(Oc2nccc(N3CCC(C(=O)O)CC3)c2[N+](=O)[O-])cc1. The molecule has 0 spiro atoms. The monoisotopic (exact) mass is 413 g/mol. The Morgan fingerprint density at radius 2 is 1.90 bits per heavy atom. The molecule has 0 amide bonds. The Kier molecular flexibility index (Phi) is 6.61. The molecule has 0 unspecified atom stereocenters. The maximum atomic E-state index is 11.8. The van der Waals surface area contributed by atoms with E-state index < -0.39 is 16.8 Å². The summed E-state index contributed by atoms with van der Waals surface area (Å²) in [5.41, 5.74) is 1.09. The first-order valence-electron chi connectivity index (χ1n) is 9.72. The number of Topliss-reactive ketones (excluding diaryl/α,β-unsaturated/α-hetero) is 1. The fourth-order valence-corrected chi connectivity index (χ4v) is 3.45. The van der Waals surface area contributed by atoms with Crippen LogP contribution in [-0.4, -0.2) is 39.9 Å². The molecule has 1 aliphatic rings. The van der Waals surface area contributed by atoms with Gasteiger partial charge in [0, 0.05) is 25.7 Å². The van der Waals surface area contributed by atoms with Crippen molar-refractivity contribution in [1.82, 2.24) is 4.98 Å². The second-order valence-electron chi connectivity index (χ2n) is 7.29. The number of hydrogen-bond donors (Lipinski definition) is 1. The third kappa shape index (κ3) is 5.11. The van der Waals surface area contributed by atoms with E-state index in [0.29, 0.717) is 50.2 Å². The molecule has 30 heavy (non-hydrogen) atoms. The van der Waals surface area contributed by atoms with Crippen molar-refractivity contribution in [3.05, 3.63) is 52.2 Å². The smallest absolute Gasteiger partial charge is 0.354 e. The number of carbonyl (C=O) groups is 2. The Morgan fingerprint density at radius 1 is 1.23 bits per heavy atom. The molecule has 1 aromatic heterocycles. The van der Waals surface area contributed by atoms with Crippen molar-refractivity contribution < 1.29 is 24.4 Å². The average Bonchev–Trinajstić information content (AvgIpc) is 2.73. The molecule has 1 aliphatic heterocycles. The number of carboxylic acids is 1. The molecular formula is C21H23N3O6. The molecular weight excluding hydrogens is 390 g/mol. The predicted octanol–water partition coefficient (Wildman–Crippen LogP) is 3.60. The lowest BCUT2D eigenvalue weighted by atomic mass is 9.97. The molecule has 9 nitrogen and oxygen atoms in total. The summed E-state index contributed by atoms with van der Waals surface area (Å²) in [5.74, 6) is -0.873. The molecule has 0 aliphatic carbocycles. The van der Waals surface area contributed by atoms with Crippen LogP contribution in [0.3, 0.4) is 0 Å². The molecule has 1 fully saturated rings. The van der Waals surface area contributed by atoms with Gasteiger partial charge in [-0.05, 0) is 49.9 Å². The zero-order valence-corrected chi connectivity index (χ0v) is 16.6. The Hall–Kier alpha value is -3.49. The lowest BCUT2D eigenvalue weighted by Gasteiger charge is -2.31. The third-order valence-corrected chi connectivity index (χ3v) is 5.14. The molecule has 0 saturated carbocycles. The van der Waals surface area contributed by atoms with Crippen LogP contribution in [0.2, 0.25) is 0 Å². The molecule has 1 saturated heterocycles. The van der Waals surface area contributed by atoms with E-state index in [4.69, 9.17) is 9.84 Å². The standard InChI is InChI=1S/C21H23N3O6/c1-14(25)2-3-15-4-6-17(7-5-15)30-20-19(24(28)29)18(8-11-22-20)23-12-9-16(10-13-23)21(26)27/h4-8,11,16H,2-3,9-10,12-13H2,1H3,(H,26,27). The summed E-state index contributed by atoms with van der Waals surface area (Å²) in [5, 5.41) is 20.9. The topological polar surface area (TPSA) is 123 Å². The highest BCUT2D eigenvalue weighted by molar-refractivity contribution is 5.75. The normalized spacial score (nSPS) is 14.4. The number of carbonyl (C=O) groups excluding carboxylic acids is 1. The molecule has 158 valence electrons. The molecule has 0 radical (unpaired) electrons. The van der Waals surface area contributed by atoms with E-state index in [0.717, 1.165) is 5.56 Å². The van der Waals surface area contributed by atoms with Gasteiger partial charge in [-0.2, -0.15) is 0 Å². The fourth-order valence-electron chi connectivity index (χ4n) is 3.45. The van der Waals surface area contributed by atoms with E-state index in [-0.39, 0.29) is 17.4 Å². The van der Waals surface area contributed by atoms with Gasteiger partial charge in [-0.25, -0.2) is 4.98 Å². The van der Waals surface area contributed by atoms with Crippen molar-refractivity contribution in [1.29, 1.82) is 0 Å². The number of aryl methyl sites for hydroxylation is 1. The number of ketones is 1. The molecule has 2 heterocycles. The van der Waals surface area contributed by atoms with Crippen LogP contribution >= 0.6 is 0 Å². The summed E-state index contributed by atoms with van der Waals surface area (Å²) < 4.78 is 5.70. The van der Waals surface area contributed by atoms with Crippen molar-refractivity contribution in [2.24, 2.45) is 5.92 Å². The Balaban J connectivity index is 1.79. The number of ether oxygens (including phenoxy) is 1. The van der Waals surface area contributed by atoms with Crippen LogP contribution in [0.15, 0.2) is 36.5 Å². The maximum absolute atomic E-state index is 11.8. The van der Waals surface area contributed by atoms with Crippen LogP contribution in [0.4, 0.5) is 11.4 Å². The molecule has 0 bridgehead atoms. The van der Waals surface area contributed by atoms with Gasteiger partial charge in [0.15, 0.2) is 0 Å². The minimum Gasteiger partial charge on any atom is -0.481 e. The first kappa shape index (κ1) is 21.2. The van der Waals surface area contributed by atoms with Crippen LogP contribution in [0, 0.1) is 16.0 Å². The van der Waals surface area contributed by atoms with Crippen LogP contribution in [0.5, 0.6) is 11.6 Å². The van der Waals surface area contributed by atoms with Crippen LogP contribution < -0.4 is 9.64 Å². The Morgan fingerprint density at radius 3 is 2.47 bits per heavy atom. The van der Waals surface area contributed by atoms with Gasteiger partial charge in [0.1, 0.15) is 17.2 Å². The molecule has 1 aromatic carbocycles. The number of rotatable bonds is 8. The molecule has 2 aromatic rings. The number of nitrogens with zero attached hydrogens (tertiary/aromatic N) is 3. The van der Waals surface area contributed by atoms with Crippen molar-refractivity contribution >= 4 is 23.1 Å². The number of anilines is 1. The van der Waals surface area contributed by atoms with E-state index in [2.05, 4.69) is 4.98 Å². The zero-order valence-electron chi connectivity index (χ0n) is 16.6. The van der Waals surface area contributed by atoms with Gasteiger partial charge in [0.05, 0.1) is 10.8 Å². The summed E-state index contributed by atoms with van der Waals surface area (Å²) in [6.45, 7) is 2.36. The highest BCUT2D eigenvalue weighted by Crippen LogP contribution is 2.39. The number of pyridine rings is 1. The lowest BCUT2D eigenvalue weighted by molar-refractivity contribution is -0.385. The number of carboxylic acid groups (broad SMARTS) is 1.